The van der Waals surface area contributed by atoms with E-state index in [1.807, 2.05) is 0 Å². The number of amides is 4. The Morgan fingerprint density at radius 1 is 1.00 bits per heavy atom. The fourth-order valence-electron chi connectivity index (χ4n) is 4.04. The maximum Gasteiger partial charge on any atom is 0.243 e. The number of nitrogens with zero attached hydrogens (tertiary/aromatic N) is 2. The van der Waals surface area contributed by atoms with E-state index in [1.54, 1.807) is 7.05 Å². The highest BCUT2D eigenvalue weighted by Crippen LogP contribution is 2.19. The molecule has 14 heteroatoms. The van der Waals surface area contributed by atoms with Crippen molar-refractivity contribution in [1.29, 1.82) is 0 Å². The van der Waals surface area contributed by atoms with Gasteiger partial charge in [0.15, 0.2) is 5.96 Å². The summed E-state index contributed by atoms with van der Waals surface area (Å²) in [6.07, 6.45) is 3.39. The molecule has 11 N–H and O–H groups in total. The molecule has 0 aliphatic carbocycles. The van der Waals surface area contributed by atoms with Crippen LogP contribution in [0, 0.1) is 0 Å². The summed E-state index contributed by atoms with van der Waals surface area (Å²) in [5.41, 5.74) is 16.2. The number of nitrogens with two attached hydrogens (primary N) is 3. The summed E-state index contributed by atoms with van der Waals surface area (Å²) >= 11 is 0. The van der Waals surface area contributed by atoms with Crippen LogP contribution in [0.5, 0.6) is 0 Å². The number of unbranched alkanes of at least 4 members (excludes halogenated alkanes) is 1. The number of carbonyl (C=O) groups is 4. The number of likely N-dealkylation sites (tertiary alicyclic amines) is 1. The number of likely N-dealkylation sites (N-methyl/N-ethyl adjacent to an activating group) is 2. The Morgan fingerprint density at radius 3 is 2.25 bits per heavy atom. The van der Waals surface area contributed by atoms with Crippen LogP contribution in [0.4, 0.5) is 0 Å². The molecule has 0 saturated carbocycles. The molecule has 0 unspecified atom stereocenters. The summed E-state index contributed by atoms with van der Waals surface area (Å²) in [4.78, 5) is 56.7. The number of aliphatic hydroxyl groups excluding tert-OH is 1. The van der Waals surface area contributed by atoms with Gasteiger partial charge in [0, 0.05) is 20.1 Å². The molecule has 0 bridgehead atoms. The molecule has 4 amide bonds. The summed E-state index contributed by atoms with van der Waals surface area (Å²) in [6.45, 7) is 0.725. The van der Waals surface area contributed by atoms with Gasteiger partial charge in [0.2, 0.25) is 23.6 Å². The van der Waals surface area contributed by atoms with Crippen molar-refractivity contribution in [2.45, 2.75) is 69.1 Å². The van der Waals surface area contributed by atoms with E-state index >= 15 is 0 Å². The van der Waals surface area contributed by atoms with Gasteiger partial charge in [0.25, 0.3) is 0 Å². The van der Waals surface area contributed by atoms with Crippen LogP contribution in [0.15, 0.2) is 4.99 Å². The van der Waals surface area contributed by atoms with Crippen molar-refractivity contribution >= 4 is 29.6 Å². The summed E-state index contributed by atoms with van der Waals surface area (Å²) in [6, 6.07) is -3.31. The molecule has 36 heavy (non-hydrogen) atoms. The summed E-state index contributed by atoms with van der Waals surface area (Å²) in [5, 5.41) is 20.2. The van der Waals surface area contributed by atoms with E-state index < -0.39 is 42.6 Å². The van der Waals surface area contributed by atoms with Gasteiger partial charge in [-0.25, -0.2) is 0 Å². The molecule has 0 aromatic rings. The Labute approximate surface area is 212 Å². The second-order valence-electron chi connectivity index (χ2n) is 8.68. The third-order valence-electron chi connectivity index (χ3n) is 6.07. The maximum atomic E-state index is 13.1. The van der Waals surface area contributed by atoms with Gasteiger partial charge in [-0.3, -0.25) is 24.2 Å². The zero-order valence-electron chi connectivity index (χ0n) is 21.3. The van der Waals surface area contributed by atoms with E-state index in [2.05, 4.69) is 26.3 Å². The zero-order chi connectivity index (χ0) is 27.1. The molecule has 1 heterocycles. The number of aliphatic imine (C=N–C) groups is 1. The quantitative estimate of drug-likeness (QED) is 0.0579. The third-order valence-corrected chi connectivity index (χ3v) is 6.07. The molecule has 1 aliphatic heterocycles. The van der Waals surface area contributed by atoms with Crippen LogP contribution in [0.25, 0.3) is 0 Å². The van der Waals surface area contributed by atoms with Gasteiger partial charge >= 0.3 is 0 Å². The van der Waals surface area contributed by atoms with Crippen LogP contribution in [-0.2, 0) is 19.2 Å². The van der Waals surface area contributed by atoms with Crippen molar-refractivity contribution in [2.24, 2.45) is 22.2 Å². The predicted molar refractivity (Wildman–Crippen MR) is 135 cm³/mol. The first-order chi connectivity index (χ1) is 17.2. The minimum Gasteiger partial charge on any atom is -0.394 e. The van der Waals surface area contributed by atoms with E-state index in [0.29, 0.717) is 64.6 Å². The number of nitrogens with one attached hydrogen (secondary N) is 4. The second kappa shape index (κ2) is 16.7. The molecule has 4 atom stereocenters. The largest absolute Gasteiger partial charge is 0.394 e. The number of hydrogen-bond donors (Lipinski definition) is 8. The summed E-state index contributed by atoms with van der Waals surface area (Å²) in [7, 11) is 3.02. The molecule has 206 valence electrons. The van der Waals surface area contributed by atoms with Gasteiger partial charge in [-0.15, -0.1) is 0 Å². The number of rotatable bonds is 16. The standard InChI is InChI=1S/C22H43N9O5/c1-26-16(13-32)21(36)31-12-6-9-17(31)20(35)30-15(7-3-4-10-23)19(34)29-14(18(33)27-2)8-5-11-28-22(24)25/h14-17,26,32H,3-13,23H2,1-2H3,(H,27,33)(H,29,34)(H,30,35)(H4,24,25,28)/t14-,15-,16-,17-/m0/s1. The number of hydrogen-bond acceptors (Lipinski definition) is 8. The van der Waals surface area contributed by atoms with Crippen molar-refractivity contribution in [3.8, 4) is 0 Å². The van der Waals surface area contributed by atoms with E-state index in [9.17, 15) is 24.3 Å². The average molecular weight is 514 g/mol. The van der Waals surface area contributed by atoms with E-state index in [4.69, 9.17) is 17.2 Å². The SMILES string of the molecule is CNC(=O)[C@H](CCCN=C(N)N)NC(=O)[C@H](CCCCN)NC(=O)[C@@H]1CCCN1C(=O)[C@H](CO)NC. The van der Waals surface area contributed by atoms with Crippen molar-refractivity contribution in [1.82, 2.24) is 26.2 Å². The molecule has 1 fully saturated rings. The fourth-order valence-corrected chi connectivity index (χ4v) is 4.04. The van der Waals surface area contributed by atoms with Gasteiger partial charge in [-0.05, 0) is 58.5 Å². The van der Waals surface area contributed by atoms with Gasteiger partial charge in [-0.1, -0.05) is 0 Å². The first-order valence-electron chi connectivity index (χ1n) is 12.4. The molecular formula is C22H43N9O5. The van der Waals surface area contributed by atoms with Crippen molar-refractivity contribution in [2.75, 3.05) is 40.3 Å². The Morgan fingerprint density at radius 2 is 1.67 bits per heavy atom. The Kier molecular flexibility index (Phi) is 14.4. The minimum atomic E-state index is -0.913. The highest BCUT2D eigenvalue weighted by Gasteiger charge is 2.38. The lowest BCUT2D eigenvalue weighted by Crippen LogP contribution is -2.57. The van der Waals surface area contributed by atoms with Crippen molar-refractivity contribution in [3.63, 3.8) is 0 Å². The smallest absolute Gasteiger partial charge is 0.243 e. The minimum absolute atomic E-state index is 0.0577. The molecule has 0 spiro atoms. The van der Waals surface area contributed by atoms with E-state index in [1.165, 1.54) is 11.9 Å². The molecule has 0 radical (unpaired) electrons. The Hall–Kier alpha value is -2.97. The van der Waals surface area contributed by atoms with Crippen molar-refractivity contribution in [3.05, 3.63) is 0 Å². The third kappa shape index (κ3) is 9.95. The van der Waals surface area contributed by atoms with Crippen LogP contribution in [0.1, 0.15) is 44.9 Å². The summed E-state index contributed by atoms with van der Waals surface area (Å²) < 4.78 is 0. The molecule has 1 saturated heterocycles. The van der Waals surface area contributed by atoms with Gasteiger partial charge in [0.05, 0.1) is 6.61 Å². The Bertz CT molecular complexity index is 756. The highest BCUT2D eigenvalue weighted by molar-refractivity contribution is 5.95. The predicted octanol–water partition coefficient (Wildman–Crippen LogP) is -3.54. The van der Waals surface area contributed by atoms with Crippen LogP contribution in [0.2, 0.25) is 0 Å². The number of guanidine groups is 1. The first kappa shape index (κ1) is 31.1. The fraction of sp³-hybridized carbons (Fsp3) is 0.773. The summed E-state index contributed by atoms with van der Waals surface area (Å²) in [5.74, 6) is -1.77. The molecule has 0 aromatic heterocycles. The molecular weight excluding hydrogens is 470 g/mol. The van der Waals surface area contributed by atoms with E-state index in [-0.39, 0.29) is 17.8 Å². The van der Waals surface area contributed by atoms with Crippen LogP contribution in [0.3, 0.4) is 0 Å². The van der Waals surface area contributed by atoms with Gasteiger partial charge < -0.3 is 48.5 Å². The van der Waals surface area contributed by atoms with Crippen LogP contribution in [-0.4, -0.2) is 104 Å². The lowest BCUT2D eigenvalue weighted by Gasteiger charge is -2.29. The van der Waals surface area contributed by atoms with Crippen LogP contribution >= 0.6 is 0 Å². The average Bonchev–Trinajstić information content (AvgIpc) is 3.35. The van der Waals surface area contributed by atoms with Gasteiger partial charge in [-0.2, -0.15) is 0 Å². The van der Waals surface area contributed by atoms with E-state index in [0.717, 1.165) is 0 Å². The second-order valence-corrected chi connectivity index (χ2v) is 8.68. The van der Waals surface area contributed by atoms with Crippen LogP contribution < -0.4 is 38.5 Å². The number of carbonyl (C=O) groups excluding carboxylic acids is 4. The topological polar surface area (TPSA) is 230 Å². The molecule has 14 nitrogen and oxygen atoms in total. The highest BCUT2D eigenvalue weighted by atomic mass is 16.3. The molecule has 1 aliphatic rings. The molecule has 0 aromatic carbocycles. The zero-order valence-corrected chi connectivity index (χ0v) is 21.3. The Balaban J connectivity index is 2.93. The monoisotopic (exact) mass is 513 g/mol. The van der Waals surface area contributed by atoms with Crippen molar-refractivity contribution < 1.29 is 24.3 Å². The lowest BCUT2D eigenvalue weighted by atomic mass is 10.1. The molecule has 1 rings (SSSR count). The normalized spacial score (nSPS) is 17.6. The van der Waals surface area contributed by atoms with Gasteiger partial charge in [0.1, 0.15) is 24.2 Å². The number of aliphatic hydroxyl groups is 1. The maximum absolute atomic E-state index is 13.1. The first-order valence-corrected chi connectivity index (χ1v) is 12.4. The lowest BCUT2D eigenvalue weighted by molar-refractivity contribution is -0.141.